The third-order valence-corrected chi connectivity index (χ3v) is 1.92. The summed E-state index contributed by atoms with van der Waals surface area (Å²) >= 11 is 5.61. The van der Waals surface area contributed by atoms with Crippen molar-refractivity contribution in [2.75, 3.05) is 0 Å². The maximum absolute atomic E-state index is 10.5. The van der Waals surface area contributed by atoms with E-state index in [2.05, 4.69) is 10.0 Å². The van der Waals surface area contributed by atoms with Crippen LogP contribution in [-0.4, -0.2) is 4.92 Å². The molecule has 0 amide bonds. The van der Waals surface area contributed by atoms with Gasteiger partial charge >= 0.3 is 0 Å². The van der Waals surface area contributed by atoms with Crippen LogP contribution in [0.25, 0.3) is 10.4 Å². The Hall–Kier alpha value is -1.78. The first-order chi connectivity index (χ1) is 6.56. The number of benzene rings is 1. The maximum Gasteiger partial charge on any atom is 0.288 e. The van der Waals surface area contributed by atoms with Crippen LogP contribution in [0.3, 0.4) is 0 Å². The van der Waals surface area contributed by atoms with Crippen LogP contribution in [0.4, 0.5) is 11.4 Å². The third-order valence-electron chi connectivity index (χ3n) is 1.61. The van der Waals surface area contributed by atoms with Crippen LogP contribution in [0.2, 0.25) is 5.02 Å². The summed E-state index contributed by atoms with van der Waals surface area (Å²) in [6, 6.07) is 2.54. The molecule has 6 nitrogen and oxygen atoms in total. The van der Waals surface area contributed by atoms with Crippen molar-refractivity contribution in [3.05, 3.63) is 43.3 Å². The maximum atomic E-state index is 10.5. The van der Waals surface area contributed by atoms with Gasteiger partial charge in [-0.3, -0.25) is 10.1 Å². The number of rotatable bonds is 2. The highest BCUT2D eigenvalue weighted by atomic mass is 35.5. The second-order valence-electron chi connectivity index (χ2n) is 2.54. The Morgan fingerprint density at radius 2 is 2.29 bits per heavy atom. The van der Waals surface area contributed by atoms with Crippen molar-refractivity contribution in [1.29, 1.82) is 0 Å². The minimum atomic E-state index is -0.588. The van der Waals surface area contributed by atoms with Gasteiger partial charge in [-0.15, -0.1) is 0 Å². The van der Waals surface area contributed by atoms with Gasteiger partial charge in [-0.1, -0.05) is 16.7 Å². The van der Waals surface area contributed by atoms with Crippen molar-refractivity contribution in [2.24, 2.45) is 5.11 Å². The summed E-state index contributed by atoms with van der Waals surface area (Å²) in [5.41, 5.74) is 8.81. The van der Waals surface area contributed by atoms with Gasteiger partial charge < -0.3 is 0 Å². The smallest absolute Gasteiger partial charge is 0.258 e. The normalized spacial score (nSPS) is 9.29. The molecule has 0 saturated carbocycles. The molecule has 0 saturated heterocycles. The van der Waals surface area contributed by atoms with E-state index in [9.17, 15) is 10.1 Å². The highest BCUT2D eigenvalue weighted by Gasteiger charge is 2.13. The first-order valence-electron chi connectivity index (χ1n) is 3.56. The zero-order chi connectivity index (χ0) is 10.7. The van der Waals surface area contributed by atoms with Crippen molar-refractivity contribution in [1.82, 2.24) is 0 Å². The van der Waals surface area contributed by atoms with Crippen molar-refractivity contribution < 1.29 is 4.92 Å². The van der Waals surface area contributed by atoms with Crippen LogP contribution < -0.4 is 0 Å². The summed E-state index contributed by atoms with van der Waals surface area (Å²) in [5, 5.41) is 13.8. The number of hydrogen-bond donors (Lipinski definition) is 0. The summed E-state index contributed by atoms with van der Waals surface area (Å²) in [6.45, 7) is 1.60. The molecular weight excluding hydrogens is 208 g/mol. The summed E-state index contributed by atoms with van der Waals surface area (Å²) < 4.78 is 0. The van der Waals surface area contributed by atoms with E-state index >= 15 is 0 Å². The van der Waals surface area contributed by atoms with Gasteiger partial charge in [-0.25, -0.2) is 0 Å². The van der Waals surface area contributed by atoms with Gasteiger partial charge in [0, 0.05) is 16.7 Å². The van der Waals surface area contributed by atoms with Crippen LogP contribution in [0.15, 0.2) is 17.2 Å². The standard InChI is InChI=1S/C7H5ClN4O2/c1-4-2-7(12(13)14)5(8)3-6(4)10-11-9/h2-3H,1H3. The van der Waals surface area contributed by atoms with Crippen LogP contribution >= 0.6 is 11.6 Å². The van der Waals surface area contributed by atoms with Gasteiger partial charge in [0.15, 0.2) is 0 Å². The molecule has 7 heteroatoms. The Labute approximate surface area is 83.9 Å². The van der Waals surface area contributed by atoms with E-state index in [0.29, 0.717) is 11.3 Å². The summed E-state index contributed by atoms with van der Waals surface area (Å²) in [5.74, 6) is 0. The van der Waals surface area contributed by atoms with Gasteiger partial charge in [0.1, 0.15) is 5.02 Å². The Bertz CT molecular complexity index is 412. The second kappa shape index (κ2) is 3.95. The van der Waals surface area contributed by atoms with Crippen LogP contribution in [0, 0.1) is 17.0 Å². The van der Waals surface area contributed by atoms with Gasteiger partial charge in [-0.05, 0) is 24.1 Å². The first kappa shape index (κ1) is 10.3. The predicted octanol–water partition coefficient (Wildman–Crippen LogP) is 3.50. The topological polar surface area (TPSA) is 91.9 Å². The number of halogens is 1. The molecule has 1 aromatic carbocycles. The van der Waals surface area contributed by atoms with Crippen molar-refractivity contribution >= 4 is 23.0 Å². The molecule has 0 atom stereocenters. The van der Waals surface area contributed by atoms with E-state index in [-0.39, 0.29) is 10.7 Å². The zero-order valence-corrected chi connectivity index (χ0v) is 7.89. The largest absolute Gasteiger partial charge is 0.288 e. The highest BCUT2D eigenvalue weighted by molar-refractivity contribution is 6.32. The van der Waals surface area contributed by atoms with E-state index in [0.717, 1.165) is 0 Å². The molecule has 1 rings (SSSR count). The Morgan fingerprint density at radius 3 is 2.79 bits per heavy atom. The molecule has 1 aromatic rings. The first-order valence-corrected chi connectivity index (χ1v) is 3.93. The van der Waals surface area contributed by atoms with Gasteiger partial charge in [0.2, 0.25) is 0 Å². The van der Waals surface area contributed by atoms with Crippen molar-refractivity contribution in [2.45, 2.75) is 6.92 Å². The van der Waals surface area contributed by atoms with Crippen LogP contribution in [0.5, 0.6) is 0 Å². The van der Waals surface area contributed by atoms with Crippen LogP contribution in [-0.2, 0) is 0 Å². The van der Waals surface area contributed by atoms with E-state index in [1.807, 2.05) is 0 Å². The predicted molar refractivity (Wildman–Crippen MR) is 51.6 cm³/mol. The molecule has 0 N–H and O–H groups in total. The van der Waals surface area contributed by atoms with Gasteiger partial charge in [0.25, 0.3) is 5.69 Å². The number of aryl methyl sites for hydroxylation is 1. The lowest BCUT2D eigenvalue weighted by atomic mass is 10.2. The second-order valence-corrected chi connectivity index (χ2v) is 2.94. The summed E-state index contributed by atoms with van der Waals surface area (Å²) in [6.07, 6.45) is 0. The molecule has 0 spiro atoms. The molecule has 14 heavy (non-hydrogen) atoms. The number of azide groups is 1. The van der Waals surface area contributed by atoms with E-state index in [1.165, 1.54) is 12.1 Å². The lowest BCUT2D eigenvalue weighted by Gasteiger charge is -2.00. The highest BCUT2D eigenvalue weighted by Crippen LogP contribution is 2.31. The van der Waals surface area contributed by atoms with E-state index < -0.39 is 4.92 Å². The molecule has 0 radical (unpaired) electrons. The summed E-state index contributed by atoms with van der Waals surface area (Å²) in [4.78, 5) is 12.5. The monoisotopic (exact) mass is 212 g/mol. The van der Waals surface area contributed by atoms with Crippen LogP contribution in [0.1, 0.15) is 5.56 Å². The quantitative estimate of drug-likeness (QED) is 0.247. The zero-order valence-electron chi connectivity index (χ0n) is 7.14. The minimum Gasteiger partial charge on any atom is -0.258 e. The van der Waals surface area contributed by atoms with Gasteiger partial charge in [-0.2, -0.15) is 0 Å². The fourth-order valence-electron chi connectivity index (χ4n) is 0.952. The molecule has 0 aliphatic heterocycles. The molecule has 0 fully saturated rings. The average molecular weight is 213 g/mol. The lowest BCUT2D eigenvalue weighted by molar-refractivity contribution is -0.384. The SMILES string of the molecule is Cc1cc([N+](=O)[O-])c(Cl)cc1N=[N+]=[N-]. The molecule has 0 aromatic heterocycles. The fraction of sp³-hybridized carbons (Fsp3) is 0.143. The molecule has 0 heterocycles. The molecular formula is C7H5ClN4O2. The van der Waals surface area contributed by atoms with Crippen molar-refractivity contribution in [3.8, 4) is 0 Å². The Kier molecular flexibility index (Phi) is 2.91. The lowest BCUT2D eigenvalue weighted by Crippen LogP contribution is -1.89. The van der Waals surface area contributed by atoms with E-state index in [4.69, 9.17) is 17.1 Å². The third kappa shape index (κ3) is 1.93. The number of hydrogen-bond acceptors (Lipinski definition) is 3. The molecule has 0 aliphatic carbocycles. The van der Waals surface area contributed by atoms with E-state index in [1.54, 1.807) is 6.92 Å². The average Bonchev–Trinajstić information content (AvgIpc) is 2.10. The number of nitrogens with zero attached hydrogens (tertiary/aromatic N) is 4. The van der Waals surface area contributed by atoms with Crippen molar-refractivity contribution in [3.63, 3.8) is 0 Å². The Morgan fingerprint density at radius 1 is 1.64 bits per heavy atom. The molecule has 0 bridgehead atoms. The number of nitro benzene ring substituents is 1. The minimum absolute atomic E-state index is 0.0389. The number of nitro groups is 1. The summed E-state index contributed by atoms with van der Waals surface area (Å²) in [7, 11) is 0. The molecule has 0 unspecified atom stereocenters. The molecule has 0 aliphatic rings. The molecule has 72 valence electrons. The van der Waals surface area contributed by atoms with Gasteiger partial charge in [0.05, 0.1) is 4.92 Å². The Balaban J connectivity index is 3.37. The fourth-order valence-corrected chi connectivity index (χ4v) is 1.18.